The van der Waals surface area contributed by atoms with Crippen LogP contribution in [0.5, 0.6) is 0 Å². The van der Waals surface area contributed by atoms with Gasteiger partial charge in [0.25, 0.3) is 0 Å². The first kappa shape index (κ1) is 28.0. The quantitative estimate of drug-likeness (QED) is 0.424. The maximum Gasteiger partial charge on any atom is 0.329 e. The predicted molar refractivity (Wildman–Crippen MR) is 125 cm³/mol. The van der Waals surface area contributed by atoms with E-state index in [1.807, 2.05) is 12.2 Å². The van der Waals surface area contributed by atoms with Crippen molar-refractivity contribution in [1.82, 2.24) is 9.80 Å². The van der Waals surface area contributed by atoms with Gasteiger partial charge in [-0.15, -0.1) is 24.8 Å². The molecular formula is C23H28Cl2F2N2O3. The minimum absolute atomic E-state index is 0. The maximum absolute atomic E-state index is 13.4. The molecule has 0 aliphatic carbocycles. The first-order valence-electron chi connectivity index (χ1n) is 9.95. The minimum Gasteiger partial charge on any atom is -0.480 e. The van der Waals surface area contributed by atoms with Crippen molar-refractivity contribution in [3.63, 3.8) is 0 Å². The molecule has 32 heavy (non-hydrogen) atoms. The topological polar surface area (TPSA) is 53.0 Å². The van der Waals surface area contributed by atoms with E-state index in [9.17, 15) is 13.6 Å². The van der Waals surface area contributed by atoms with Gasteiger partial charge in [0.15, 0.2) is 0 Å². The second-order valence-electron chi connectivity index (χ2n) is 7.22. The Morgan fingerprint density at radius 3 is 1.88 bits per heavy atom. The molecule has 1 heterocycles. The summed E-state index contributed by atoms with van der Waals surface area (Å²) >= 11 is 0. The van der Waals surface area contributed by atoms with Gasteiger partial charge in [-0.1, -0.05) is 36.4 Å². The van der Waals surface area contributed by atoms with Gasteiger partial charge in [0.1, 0.15) is 18.2 Å². The van der Waals surface area contributed by atoms with E-state index < -0.39 is 5.97 Å². The Kier molecular flexibility index (Phi) is 12.4. The fourth-order valence-corrected chi connectivity index (χ4v) is 3.61. The number of hydrogen-bond donors (Lipinski definition) is 1. The fraction of sp³-hybridized carbons (Fsp3) is 0.348. The molecule has 1 aliphatic rings. The Morgan fingerprint density at radius 1 is 0.906 bits per heavy atom. The summed E-state index contributed by atoms with van der Waals surface area (Å²) in [6.07, 6.45) is 3.81. The molecule has 0 radical (unpaired) electrons. The van der Waals surface area contributed by atoms with Gasteiger partial charge in [-0.25, -0.2) is 13.6 Å². The van der Waals surface area contributed by atoms with E-state index in [0.29, 0.717) is 0 Å². The maximum atomic E-state index is 13.4. The molecule has 0 atom stereocenters. The molecule has 1 N–H and O–H groups in total. The zero-order valence-electron chi connectivity index (χ0n) is 17.5. The van der Waals surface area contributed by atoms with E-state index in [2.05, 4.69) is 9.80 Å². The van der Waals surface area contributed by atoms with Gasteiger partial charge in [0.05, 0.1) is 12.6 Å². The molecule has 9 heteroatoms. The van der Waals surface area contributed by atoms with Gasteiger partial charge in [-0.3, -0.25) is 9.80 Å². The highest BCUT2D eigenvalue weighted by molar-refractivity contribution is 5.85. The Bertz CT molecular complexity index is 798. The van der Waals surface area contributed by atoms with Crippen LogP contribution in [0.2, 0.25) is 0 Å². The smallest absolute Gasteiger partial charge is 0.329 e. The third-order valence-corrected chi connectivity index (χ3v) is 5.11. The first-order valence-corrected chi connectivity index (χ1v) is 9.95. The van der Waals surface area contributed by atoms with Crippen LogP contribution in [-0.4, -0.2) is 66.8 Å². The van der Waals surface area contributed by atoms with E-state index >= 15 is 0 Å². The van der Waals surface area contributed by atoms with Crippen LogP contribution < -0.4 is 0 Å². The van der Waals surface area contributed by atoms with Gasteiger partial charge < -0.3 is 9.84 Å². The van der Waals surface area contributed by atoms with Crippen LogP contribution in [-0.2, 0) is 9.53 Å². The number of ether oxygens (including phenoxy) is 1. The second-order valence-corrected chi connectivity index (χ2v) is 7.22. The standard InChI is InChI=1S/C23H26F2N2O3.2ClH/c24-20-7-3-18(4-8-20)23(19-5-9-21(25)10-6-19)27-14-12-26(13-15-27)11-1-2-16-30-17-22(28)29;;/h1-10,23H,11-17H2,(H,28,29);2*1H/b2-1+;;. The highest BCUT2D eigenvalue weighted by Gasteiger charge is 2.26. The first-order chi connectivity index (χ1) is 14.5. The number of carboxylic acids is 1. The number of benzene rings is 2. The molecule has 3 rings (SSSR count). The van der Waals surface area contributed by atoms with Crippen molar-refractivity contribution in [2.75, 3.05) is 45.9 Å². The van der Waals surface area contributed by atoms with E-state index in [0.717, 1.165) is 43.9 Å². The number of nitrogens with zero attached hydrogens (tertiary/aromatic N) is 2. The van der Waals surface area contributed by atoms with Gasteiger partial charge in [0.2, 0.25) is 0 Å². The van der Waals surface area contributed by atoms with Crippen molar-refractivity contribution in [3.8, 4) is 0 Å². The van der Waals surface area contributed by atoms with Crippen molar-refractivity contribution in [2.24, 2.45) is 0 Å². The van der Waals surface area contributed by atoms with Crippen LogP contribution in [0, 0.1) is 11.6 Å². The zero-order chi connectivity index (χ0) is 21.3. The molecule has 0 bridgehead atoms. The second kappa shape index (κ2) is 14.2. The van der Waals surface area contributed by atoms with Crippen molar-refractivity contribution < 1.29 is 23.4 Å². The Morgan fingerprint density at radius 2 is 1.41 bits per heavy atom. The summed E-state index contributed by atoms with van der Waals surface area (Å²) in [5, 5.41) is 8.54. The lowest BCUT2D eigenvalue weighted by Crippen LogP contribution is -2.47. The summed E-state index contributed by atoms with van der Waals surface area (Å²) in [6.45, 7) is 4.12. The van der Waals surface area contributed by atoms with E-state index in [1.165, 1.54) is 24.3 Å². The molecule has 2 aromatic rings. The lowest BCUT2D eigenvalue weighted by Gasteiger charge is -2.39. The summed E-state index contributed by atoms with van der Waals surface area (Å²) in [5.41, 5.74) is 1.96. The molecule has 0 spiro atoms. The average molecular weight is 489 g/mol. The van der Waals surface area contributed by atoms with Gasteiger partial charge >= 0.3 is 5.97 Å². The minimum atomic E-state index is -0.976. The summed E-state index contributed by atoms with van der Waals surface area (Å²) in [7, 11) is 0. The normalized spacial score (nSPS) is 14.8. The summed E-state index contributed by atoms with van der Waals surface area (Å²) in [5.74, 6) is -1.53. The highest BCUT2D eigenvalue weighted by atomic mass is 35.5. The average Bonchev–Trinajstić information content (AvgIpc) is 2.74. The van der Waals surface area contributed by atoms with Crippen LogP contribution in [0.1, 0.15) is 17.2 Å². The van der Waals surface area contributed by atoms with Crippen molar-refractivity contribution in [2.45, 2.75) is 6.04 Å². The van der Waals surface area contributed by atoms with Crippen molar-refractivity contribution in [3.05, 3.63) is 83.4 Å². The molecule has 5 nitrogen and oxygen atoms in total. The van der Waals surface area contributed by atoms with E-state index in [-0.39, 0.29) is 55.7 Å². The number of aliphatic carboxylic acids is 1. The summed E-state index contributed by atoms with van der Waals surface area (Å²) in [4.78, 5) is 15.0. The lowest BCUT2D eigenvalue weighted by molar-refractivity contribution is -0.141. The number of halogens is 4. The van der Waals surface area contributed by atoms with Crippen LogP contribution in [0.4, 0.5) is 8.78 Å². The van der Waals surface area contributed by atoms with Crippen LogP contribution in [0.15, 0.2) is 60.7 Å². The largest absolute Gasteiger partial charge is 0.480 e. The molecule has 0 unspecified atom stereocenters. The Hall–Kier alpha value is -2.03. The molecular weight excluding hydrogens is 461 g/mol. The third-order valence-electron chi connectivity index (χ3n) is 5.11. The number of hydrogen-bond acceptors (Lipinski definition) is 4. The van der Waals surface area contributed by atoms with Crippen LogP contribution in [0.3, 0.4) is 0 Å². The predicted octanol–water partition coefficient (Wildman–Crippen LogP) is 4.17. The van der Waals surface area contributed by atoms with Crippen LogP contribution in [0.25, 0.3) is 0 Å². The fourth-order valence-electron chi connectivity index (χ4n) is 3.61. The van der Waals surface area contributed by atoms with E-state index in [4.69, 9.17) is 9.84 Å². The lowest BCUT2D eigenvalue weighted by atomic mass is 9.96. The number of piperazine rings is 1. The zero-order valence-corrected chi connectivity index (χ0v) is 19.2. The van der Waals surface area contributed by atoms with Gasteiger partial charge in [-0.2, -0.15) is 0 Å². The third kappa shape index (κ3) is 8.48. The molecule has 0 aromatic heterocycles. The monoisotopic (exact) mass is 488 g/mol. The number of rotatable bonds is 9. The number of carbonyl (C=O) groups is 1. The van der Waals surface area contributed by atoms with Gasteiger partial charge in [-0.05, 0) is 35.4 Å². The number of carboxylic acid groups (broad SMARTS) is 1. The Labute approximate surface area is 199 Å². The van der Waals surface area contributed by atoms with Crippen molar-refractivity contribution in [1.29, 1.82) is 0 Å². The molecule has 1 saturated heterocycles. The molecule has 1 fully saturated rings. The van der Waals surface area contributed by atoms with Crippen molar-refractivity contribution >= 4 is 30.8 Å². The van der Waals surface area contributed by atoms with Crippen LogP contribution >= 0.6 is 24.8 Å². The molecule has 2 aromatic carbocycles. The Balaban J connectivity index is 0.00000256. The van der Waals surface area contributed by atoms with Gasteiger partial charge in [0, 0.05) is 32.7 Å². The molecule has 176 valence electrons. The summed E-state index contributed by atoms with van der Waals surface area (Å²) < 4.78 is 31.8. The molecule has 0 saturated carbocycles. The SMILES string of the molecule is Cl.Cl.O=C(O)COC/C=C/CN1CCN(C(c2ccc(F)cc2)c2ccc(F)cc2)CC1. The molecule has 0 amide bonds. The molecule has 1 aliphatic heterocycles. The highest BCUT2D eigenvalue weighted by Crippen LogP contribution is 2.30. The summed E-state index contributed by atoms with van der Waals surface area (Å²) in [6, 6.07) is 12.9. The van der Waals surface area contributed by atoms with E-state index in [1.54, 1.807) is 24.3 Å².